The second kappa shape index (κ2) is 9.39. The van der Waals surface area contributed by atoms with Gasteiger partial charge in [-0.2, -0.15) is 0 Å². The monoisotopic (exact) mass is 308 g/mol. The zero-order valence-corrected chi connectivity index (χ0v) is 14.9. The van der Waals surface area contributed by atoms with E-state index in [1.807, 2.05) is 7.05 Å². The normalized spacial score (nSPS) is 28.6. The molecule has 0 bridgehead atoms. The number of hydrogen-bond donors (Lipinski definition) is 2. The first-order valence-electron chi connectivity index (χ1n) is 9.40. The van der Waals surface area contributed by atoms with Crippen LogP contribution < -0.4 is 10.6 Å². The molecule has 2 atom stereocenters. The van der Waals surface area contributed by atoms with Crippen LogP contribution in [0.4, 0.5) is 0 Å². The van der Waals surface area contributed by atoms with Crippen molar-refractivity contribution < 1.29 is 0 Å². The third-order valence-corrected chi connectivity index (χ3v) is 5.30. The molecule has 2 aliphatic rings. The maximum absolute atomic E-state index is 4.42. The van der Waals surface area contributed by atoms with Gasteiger partial charge in [0.1, 0.15) is 0 Å². The summed E-state index contributed by atoms with van der Waals surface area (Å²) in [7, 11) is 1.89. The van der Waals surface area contributed by atoms with Gasteiger partial charge in [0.2, 0.25) is 0 Å². The fourth-order valence-electron chi connectivity index (χ4n) is 3.99. The Bertz CT molecular complexity index is 334. The third kappa shape index (κ3) is 5.79. The minimum absolute atomic E-state index is 0.588. The molecule has 2 N–H and O–H groups in total. The number of guanidine groups is 1. The molecule has 22 heavy (non-hydrogen) atoms. The number of rotatable bonds is 5. The Morgan fingerprint density at radius 2 is 1.95 bits per heavy atom. The lowest BCUT2D eigenvalue weighted by molar-refractivity contribution is 0.206. The first-order chi connectivity index (χ1) is 10.7. The van der Waals surface area contributed by atoms with Gasteiger partial charge in [0.15, 0.2) is 5.96 Å². The summed E-state index contributed by atoms with van der Waals surface area (Å²) in [6.07, 6.45) is 9.31. The molecule has 1 heterocycles. The van der Waals surface area contributed by atoms with Crippen LogP contribution in [-0.4, -0.2) is 50.1 Å². The highest BCUT2D eigenvalue weighted by molar-refractivity contribution is 5.79. The molecular weight excluding hydrogens is 272 g/mol. The molecule has 128 valence electrons. The highest BCUT2D eigenvalue weighted by Gasteiger charge is 2.21. The quantitative estimate of drug-likeness (QED) is 0.606. The van der Waals surface area contributed by atoms with E-state index in [-0.39, 0.29) is 0 Å². The first kappa shape index (κ1) is 17.6. The van der Waals surface area contributed by atoms with Gasteiger partial charge >= 0.3 is 0 Å². The second-order valence-electron chi connectivity index (χ2n) is 7.35. The number of hydrogen-bond acceptors (Lipinski definition) is 2. The Labute approximate surface area is 137 Å². The summed E-state index contributed by atoms with van der Waals surface area (Å²) < 4.78 is 0. The van der Waals surface area contributed by atoms with Gasteiger partial charge in [0.05, 0.1) is 0 Å². The van der Waals surface area contributed by atoms with Crippen LogP contribution in [0.3, 0.4) is 0 Å². The molecule has 1 aliphatic carbocycles. The molecule has 1 saturated carbocycles. The van der Waals surface area contributed by atoms with Gasteiger partial charge < -0.3 is 15.5 Å². The molecule has 0 aromatic carbocycles. The fourth-order valence-corrected chi connectivity index (χ4v) is 3.99. The Morgan fingerprint density at radius 1 is 1.18 bits per heavy atom. The highest BCUT2D eigenvalue weighted by Crippen LogP contribution is 2.27. The molecule has 0 aromatic heterocycles. The molecule has 1 aliphatic heterocycles. The van der Waals surface area contributed by atoms with E-state index in [0.717, 1.165) is 24.3 Å². The Morgan fingerprint density at radius 3 is 2.59 bits per heavy atom. The predicted octanol–water partition coefficient (Wildman–Crippen LogP) is 2.85. The topological polar surface area (TPSA) is 39.7 Å². The lowest BCUT2D eigenvalue weighted by Crippen LogP contribution is -2.49. The Kier molecular flexibility index (Phi) is 7.50. The number of nitrogens with one attached hydrogen (secondary N) is 2. The van der Waals surface area contributed by atoms with Crippen molar-refractivity contribution in [3.63, 3.8) is 0 Å². The number of likely N-dealkylation sites (tertiary alicyclic amines) is 1. The lowest BCUT2D eigenvalue weighted by atomic mass is 9.82. The molecular formula is C18H36N4. The zero-order chi connectivity index (χ0) is 15.8. The largest absolute Gasteiger partial charge is 0.356 e. The van der Waals surface area contributed by atoms with Crippen LogP contribution in [0.1, 0.15) is 58.8 Å². The van der Waals surface area contributed by atoms with E-state index in [0.29, 0.717) is 6.04 Å². The molecule has 2 unspecified atom stereocenters. The van der Waals surface area contributed by atoms with Gasteiger partial charge in [-0.05, 0) is 50.5 Å². The summed E-state index contributed by atoms with van der Waals surface area (Å²) in [5, 5.41) is 7.20. The molecule has 1 saturated heterocycles. The van der Waals surface area contributed by atoms with Crippen LogP contribution in [0.5, 0.6) is 0 Å². The number of aliphatic imine (C=N–C) groups is 1. The standard InChI is InChI=1S/C18H36N4/c1-4-10-22-11-8-17(9-12-22)21-18(19-3)20-14-16-7-5-6-15(2)13-16/h15-17H,4-14H2,1-3H3,(H2,19,20,21). The minimum atomic E-state index is 0.588. The molecule has 4 heteroatoms. The second-order valence-corrected chi connectivity index (χ2v) is 7.35. The van der Waals surface area contributed by atoms with Crippen molar-refractivity contribution in [3.05, 3.63) is 0 Å². The van der Waals surface area contributed by atoms with Gasteiger partial charge in [-0.15, -0.1) is 0 Å². The number of nitrogens with zero attached hydrogens (tertiary/aromatic N) is 2. The zero-order valence-electron chi connectivity index (χ0n) is 14.9. The van der Waals surface area contributed by atoms with Gasteiger partial charge in [-0.25, -0.2) is 0 Å². The maximum Gasteiger partial charge on any atom is 0.191 e. The van der Waals surface area contributed by atoms with E-state index in [2.05, 4.69) is 34.4 Å². The van der Waals surface area contributed by atoms with Crippen molar-refractivity contribution >= 4 is 5.96 Å². The average molecular weight is 309 g/mol. The van der Waals surface area contributed by atoms with Crippen molar-refractivity contribution in [1.82, 2.24) is 15.5 Å². The van der Waals surface area contributed by atoms with Crippen LogP contribution in [-0.2, 0) is 0 Å². The van der Waals surface area contributed by atoms with E-state index < -0.39 is 0 Å². The molecule has 0 amide bonds. The van der Waals surface area contributed by atoms with Crippen LogP contribution in [0.15, 0.2) is 4.99 Å². The Hall–Kier alpha value is -0.770. The van der Waals surface area contributed by atoms with Crippen molar-refractivity contribution in [1.29, 1.82) is 0 Å². The molecule has 0 radical (unpaired) electrons. The summed E-state index contributed by atoms with van der Waals surface area (Å²) in [6.45, 7) is 9.44. The van der Waals surface area contributed by atoms with Crippen molar-refractivity contribution in [2.75, 3.05) is 33.2 Å². The smallest absolute Gasteiger partial charge is 0.191 e. The fraction of sp³-hybridized carbons (Fsp3) is 0.944. The number of piperidine rings is 1. The van der Waals surface area contributed by atoms with Gasteiger partial charge in [0, 0.05) is 32.7 Å². The van der Waals surface area contributed by atoms with Gasteiger partial charge in [0.25, 0.3) is 0 Å². The molecule has 0 spiro atoms. The molecule has 2 rings (SSSR count). The van der Waals surface area contributed by atoms with E-state index in [9.17, 15) is 0 Å². The van der Waals surface area contributed by atoms with E-state index in [4.69, 9.17) is 0 Å². The van der Waals surface area contributed by atoms with E-state index >= 15 is 0 Å². The van der Waals surface area contributed by atoms with Gasteiger partial charge in [-0.1, -0.05) is 26.7 Å². The van der Waals surface area contributed by atoms with Crippen molar-refractivity contribution in [2.45, 2.75) is 64.8 Å². The molecule has 4 nitrogen and oxygen atoms in total. The van der Waals surface area contributed by atoms with Crippen LogP contribution in [0.2, 0.25) is 0 Å². The van der Waals surface area contributed by atoms with Crippen LogP contribution >= 0.6 is 0 Å². The summed E-state index contributed by atoms with van der Waals surface area (Å²) in [6, 6.07) is 0.588. The van der Waals surface area contributed by atoms with Crippen LogP contribution in [0, 0.1) is 11.8 Å². The average Bonchev–Trinajstić information content (AvgIpc) is 2.53. The van der Waals surface area contributed by atoms with E-state index in [1.54, 1.807) is 0 Å². The third-order valence-electron chi connectivity index (χ3n) is 5.30. The molecule has 2 fully saturated rings. The van der Waals surface area contributed by atoms with Gasteiger partial charge in [-0.3, -0.25) is 4.99 Å². The van der Waals surface area contributed by atoms with Crippen molar-refractivity contribution in [3.8, 4) is 0 Å². The van der Waals surface area contributed by atoms with E-state index in [1.165, 1.54) is 64.6 Å². The molecule has 0 aromatic rings. The predicted molar refractivity (Wildman–Crippen MR) is 95.4 cm³/mol. The first-order valence-corrected chi connectivity index (χ1v) is 9.40. The maximum atomic E-state index is 4.42. The highest BCUT2D eigenvalue weighted by atomic mass is 15.2. The van der Waals surface area contributed by atoms with Crippen molar-refractivity contribution in [2.24, 2.45) is 16.8 Å². The SMILES string of the molecule is CCCN1CCC(NC(=NC)NCC2CCCC(C)C2)CC1. The summed E-state index contributed by atoms with van der Waals surface area (Å²) in [5.74, 6) is 2.74. The van der Waals surface area contributed by atoms with Crippen LogP contribution in [0.25, 0.3) is 0 Å². The summed E-state index contributed by atoms with van der Waals surface area (Å²) in [4.78, 5) is 7.00. The minimum Gasteiger partial charge on any atom is -0.356 e. The summed E-state index contributed by atoms with van der Waals surface area (Å²) >= 11 is 0. The summed E-state index contributed by atoms with van der Waals surface area (Å²) in [5.41, 5.74) is 0. The Balaban J connectivity index is 1.67. The lowest BCUT2D eigenvalue weighted by Gasteiger charge is -2.33.